The van der Waals surface area contributed by atoms with Gasteiger partial charge in [0.15, 0.2) is 0 Å². The normalized spacial score (nSPS) is 10.5. The fraction of sp³-hybridized carbons (Fsp3) is 0.421. The minimum Gasteiger partial charge on any atom is -0.383 e. The number of aromatic nitrogens is 2. The van der Waals surface area contributed by atoms with Crippen LogP contribution in [0.5, 0.6) is 0 Å². The van der Waals surface area contributed by atoms with Crippen molar-refractivity contribution < 1.29 is 9.53 Å². The molecule has 1 aromatic heterocycles. The number of ether oxygens (including phenoxy) is 1. The van der Waals surface area contributed by atoms with Crippen molar-refractivity contribution in [3.05, 3.63) is 58.5 Å². The van der Waals surface area contributed by atoms with Crippen molar-refractivity contribution in [3.8, 4) is 0 Å². The van der Waals surface area contributed by atoms with Crippen molar-refractivity contribution in [3.63, 3.8) is 0 Å². The lowest BCUT2D eigenvalue weighted by atomic mass is 10.2. The zero-order chi connectivity index (χ0) is 18.8. The Labute approximate surface area is 153 Å². The van der Waals surface area contributed by atoms with Crippen molar-refractivity contribution >= 4 is 11.6 Å². The summed E-state index contributed by atoms with van der Waals surface area (Å²) in [6.07, 6.45) is 1.83. The van der Waals surface area contributed by atoms with Gasteiger partial charge in [0.1, 0.15) is 5.69 Å². The molecule has 0 aliphatic carbocycles. The van der Waals surface area contributed by atoms with Crippen LogP contribution in [0.3, 0.4) is 0 Å². The van der Waals surface area contributed by atoms with E-state index in [1.54, 1.807) is 7.11 Å². The van der Waals surface area contributed by atoms with E-state index in [2.05, 4.69) is 34.5 Å². The van der Waals surface area contributed by atoms with Gasteiger partial charge in [0.25, 0.3) is 11.5 Å². The molecule has 1 amide bonds. The molecule has 1 N–H and O–H groups in total. The van der Waals surface area contributed by atoms with Crippen LogP contribution in [0.2, 0.25) is 0 Å². The number of nitrogens with zero attached hydrogens (tertiary/aromatic N) is 3. The molecule has 0 spiro atoms. The molecule has 0 aliphatic rings. The van der Waals surface area contributed by atoms with E-state index in [0.717, 1.165) is 19.4 Å². The summed E-state index contributed by atoms with van der Waals surface area (Å²) in [5.74, 6) is -0.271. The summed E-state index contributed by atoms with van der Waals surface area (Å²) in [7, 11) is 3.61. The van der Waals surface area contributed by atoms with E-state index in [1.165, 1.54) is 22.5 Å². The van der Waals surface area contributed by atoms with Crippen LogP contribution in [0.1, 0.15) is 23.3 Å². The predicted molar refractivity (Wildman–Crippen MR) is 102 cm³/mol. The molecule has 2 aromatic rings. The second-order valence-corrected chi connectivity index (χ2v) is 5.99. The van der Waals surface area contributed by atoms with Crippen molar-refractivity contribution in [1.29, 1.82) is 0 Å². The minimum absolute atomic E-state index is 0.238. The third-order valence-electron chi connectivity index (χ3n) is 4.01. The van der Waals surface area contributed by atoms with Gasteiger partial charge in [-0.2, -0.15) is 5.10 Å². The third kappa shape index (κ3) is 6.00. The highest BCUT2D eigenvalue weighted by Gasteiger charge is 2.09. The maximum absolute atomic E-state index is 12.2. The maximum Gasteiger partial charge on any atom is 0.271 e. The first-order valence-corrected chi connectivity index (χ1v) is 8.73. The standard InChI is InChI=1S/C19H26N4O3/c1-22(16-8-4-3-5-9-16)13-7-6-12-20-19(25)17-10-11-18(24)23(21-17)14-15-26-2/h3-5,8-11H,6-7,12-15H2,1-2H3,(H,20,25). The third-order valence-corrected chi connectivity index (χ3v) is 4.01. The highest BCUT2D eigenvalue weighted by Crippen LogP contribution is 2.11. The Morgan fingerprint density at radius 1 is 1.19 bits per heavy atom. The minimum atomic E-state index is -0.271. The Hall–Kier alpha value is -2.67. The summed E-state index contributed by atoms with van der Waals surface area (Å²) in [4.78, 5) is 26.0. The van der Waals surface area contributed by atoms with Gasteiger partial charge in [0.05, 0.1) is 13.2 Å². The first-order valence-electron chi connectivity index (χ1n) is 8.73. The number of amides is 1. The highest BCUT2D eigenvalue weighted by molar-refractivity contribution is 5.91. The Kier molecular flexibility index (Phi) is 7.82. The van der Waals surface area contributed by atoms with Crippen LogP contribution in [-0.2, 0) is 11.3 Å². The van der Waals surface area contributed by atoms with Crippen LogP contribution < -0.4 is 15.8 Å². The molecule has 0 atom stereocenters. The molecular formula is C19H26N4O3. The van der Waals surface area contributed by atoms with Gasteiger partial charge in [-0.25, -0.2) is 4.68 Å². The fourth-order valence-electron chi connectivity index (χ4n) is 2.49. The van der Waals surface area contributed by atoms with E-state index >= 15 is 0 Å². The summed E-state index contributed by atoms with van der Waals surface area (Å²) >= 11 is 0. The molecule has 2 rings (SSSR count). The molecule has 0 saturated carbocycles. The molecule has 140 valence electrons. The number of hydrogen-bond donors (Lipinski definition) is 1. The van der Waals surface area contributed by atoms with E-state index in [4.69, 9.17) is 4.74 Å². The van der Waals surface area contributed by atoms with Crippen LogP contribution in [0.15, 0.2) is 47.3 Å². The van der Waals surface area contributed by atoms with Crippen LogP contribution in [0.4, 0.5) is 5.69 Å². The number of rotatable bonds is 10. The molecular weight excluding hydrogens is 332 g/mol. The largest absolute Gasteiger partial charge is 0.383 e. The summed E-state index contributed by atoms with van der Waals surface area (Å²) in [6.45, 7) is 2.18. The van der Waals surface area contributed by atoms with Crippen LogP contribution in [0.25, 0.3) is 0 Å². The highest BCUT2D eigenvalue weighted by atomic mass is 16.5. The topological polar surface area (TPSA) is 76.5 Å². The van der Waals surface area contributed by atoms with Crippen molar-refractivity contribution in [1.82, 2.24) is 15.1 Å². The molecule has 0 fully saturated rings. The van der Waals surface area contributed by atoms with Gasteiger partial charge in [0.2, 0.25) is 0 Å². The molecule has 0 saturated heterocycles. The van der Waals surface area contributed by atoms with Crippen LogP contribution in [0, 0.1) is 0 Å². The Morgan fingerprint density at radius 3 is 2.69 bits per heavy atom. The van der Waals surface area contributed by atoms with E-state index in [9.17, 15) is 9.59 Å². The van der Waals surface area contributed by atoms with E-state index in [1.807, 2.05) is 18.2 Å². The lowest BCUT2D eigenvalue weighted by Crippen LogP contribution is -2.31. The summed E-state index contributed by atoms with van der Waals surface area (Å²) in [6, 6.07) is 13.0. The molecule has 0 radical (unpaired) electrons. The van der Waals surface area contributed by atoms with Gasteiger partial charge in [-0.15, -0.1) is 0 Å². The smallest absolute Gasteiger partial charge is 0.271 e. The quantitative estimate of drug-likeness (QED) is 0.652. The number of carbonyl (C=O) groups is 1. The SMILES string of the molecule is COCCn1nc(C(=O)NCCCCN(C)c2ccccc2)ccc1=O. The van der Waals surface area contributed by atoms with Crippen LogP contribution >= 0.6 is 0 Å². The maximum atomic E-state index is 12.2. The number of benzene rings is 1. The molecule has 0 aliphatic heterocycles. The van der Waals surface area contributed by atoms with Gasteiger partial charge < -0.3 is 15.0 Å². The van der Waals surface area contributed by atoms with Crippen molar-refractivity contribution in [2.24, 2.45) is 0 Å². The number of unbranched alkanes of at least 4 members (excludes halogenated alkanes) is 1. The number of anilines is 1. The lowest BCUT2D eigenvalue weighted by molar-refractivity contribution is 0.0944. The molecule has 1 aromatic carbocycles. The van der Waals surface area contributed by atoms with Crippen molar-refractivity contribution in [2.45, 2.75) is 19.4 Å². The summed E-state index contributed by atoms with van der Waals surface area (Å²) < 4.78 is 6.18. The van der Waals surface area contributed by atoms with E-state index in [-0.39, 0.29) is 17.2 Å². The molecule has 7 heteroatoms. The van der Waals surface area contributed by atoms with E-state index in [0.29, 0.717) is 19.7 Å². The molecule has 0 unspecified atom stereocenters. The molecule has 1 heterocycles. The first-order chi connectivity index (χ1) is 12.6. The Morgan fingerprint density at radius 2 is 1.96 bits per heavy atom. The van der Waals surface area contributed by atoms with Gasteiger partial charge >= 0.3 is 0 Å². The zero-order valence-electron chi connectivity index (χ0n) is 15.4. The molecule has 26 heavy (non-hydrogen) atoms. The number of carbonyl (C=O) groups excluding carboxylic acids is 1. The van der Waals surface area contributed by atoms with Crippen LogP contribution in [-0.4, -0.2) is 49.5 Å². The second kappa shape index (κ2) is 10.4. The predicted octanol–water partition coefficient (Wildman–Crippen LogP) is 1.54. The van der Waals surface area contributed by atoms with Gasteiger partial charge in [-0.05, 0) is 31.0 Å². The zero-order valence-corrected chi connectivity index (χ0v) is 15.4. The number of para-hydroxylation sites is 1. The number of nitrogens with one attached hydrogen (secondary N) is 1. The average Bonchev–Trinajstić information content (AvgIpc) is 2.67. The second-order valence-electron chi connectivity index (χ2n) is 5.99. The van der Waals surface area contributed by atoms with Crippen molar-refractivity contribution in [2.75, 3.05) is 38.8 Å². The molecule has 0 bridgehead atoms. The first kappa shape index (κ1) is 19.7. The summed E-state index contributed by atoms with van der Waals surface area (Å²) in [5, 5.41) is 6.93. The fourth-order valence-corrected chi connectivity index (χ4v) is 2.49. The number of hydrogen-bond acceptors (Lipinski definition) is 5. The summed E-state index contributed by atoms with van der Waals surface area (Å²) in [5.41, 5.74) is 1.17. The Balaban J connectivity index is 1.74. The number of methoxy groups -OCH3 is 1. The van der Waals surface area contributed by atoms with Gasteiger partial charge in [0, 0.05) is 39.0 Å². The average molecular weight is 358 g/mol. The monoisotopic (exact) mass is 358 g/mol. The van der Waals surface area contributed by atoms with E-state index < -0.39 is 0 Å². The molecule has 7 nitrogen and oxygen atoms in total. The van der Waals surface area contributed by atoms with Gasteiger partial charge in [-0.1, -0.05) is 18.2 Å². The Bertz CT molecular complexity index is 746. The van der Waals surface area contributed by atoms with Gasteiger partial charge in [-0.3, -0.25) is 9.59 Å². The lowest BCUT2D eigenvalue weighted by Gasteiger charge is -2.19.